The van der Waals surface area contributed by atoms with E-state index in [9.17, 15) is 8.42 Å². The summed E-state index contributed by atoms with van der Waals surface area (Å²) in [5.41, 5.74) is 0.374. The van der Waals surface area contributed by atoms with Crippen LogP contribution in [0.5, 0.6) is 0 Å². The predicted molar refractivity (Wildman–Crippen MR) is 55.4 cm³/mol. The average Bonchev–Trinajstić information content (AvgIpc) is 1.94. The molecule has 0 fully saturated rings. The summed E-state index contributed by atoms with van der Waals surface area (Å²) in [5.74, 6) is 0. The molecule has 0 spiro atoms. The van der Waals surface area contributed by atoms with Crippen molar-refractivity contribution in [2.45, 2.75) is 0 Å². The first-order valence-electron chi connectivity index (χ1n) is 3.17. The van der Waals surface area contributed by atoms with Gasteiger partial charge < -0.3 is 0 Å². The summed E-state index contributed by atoms with van der Waals surface area (Å²) in [7, 11) is -3.26. The summed E-state index contributed by atoms with van der Waals surface area (Å²) >= 11 is 8.74. The van der Waals surface area contributed by atoms with Gasteiger partial charge in [-0.3, -0.25) is 4.72 Å². The van der Waals surface area contributed by atoms with Gasteiger partial charge in [0.1, 0.15) is 5.15 Å². The molecule has 0 aromatic carbocycles. The Morgan fingerprint density at radius 2 is 2.23 bits per heavy atom. The van der Waals surface area contributed by atoms with Crippen LogP contribution in [0.3, 0.4) is 0 Å². The molecule has 0 amide bonds. The summed E-state index contributed by atoms with van der Waals surface area (Å²) in [6.07, 6.45) is 2.41. The summed E-state index contributed by atoms with van der Waals surface area (Å²) in [5, 5.41) is 0.291. The SMILES string of the molecule is CS(=O)(=O)Nc1cnc(Cl)c(Br)c1. The lowest BCUT2D eigenvalue weighted by molar-refractivity contribution is 0.607. The van der Waals surface area contributed by atoms with Gasteiger partial charge in [0.2, 0.25) is 10.0 Å². The first kappa shape index (κ1) is 10.7. The van der Waals surface area contributed by atoms with E-state index in [4.69, 9.17) is 11.6 Å². The van der Waals surface area contributed by atoms with E-state index >= 15 is 0 Å². The molecule has 1 heterocycles. The highest BCUT2D eigenvalue weighted by atomic mass is 79.9. The molecule has 0 atom stereocenters. The van der Waals surface area contributed by atoms with E-state index in [1.165, 1.54) is 12.3 Å². The molecule has 0 aliphatic heterocycles. The van der Waals surface area contributed by atoms with Crippen LogP contribution >= 0.6 is 27.5 Å². The zero-order valence-electron chi connectivity index (χ0n) is 6.58. The second kappa shape index (κ2) is 3.81. The van der Waals surface area contributed by atoms with Crippen LogP contribution in [0.25, 0.3) is 0 Å². The Kier molecular flexibility index (Phi) is 3.15. The topological polar surface area (TPSA) is 59.1 Å². The van der Waals surface area contributed by atoms with Crippen LogP contribution in [0.2, 0.25) is 5.15 Å². The van der Waals surface area contributed by atoms with E-state index < -0.39 is 10.0 Å². The Labute approximate surface area is 89.5 Å². The van der Waals surface area contributed by atoms with Crippen molar-refractivity contribution in [3.63, 3.8) is 0 Å². The number of nitrogens with zero attached hydrogens (tertiary/aromatic N) is 1. The second-order valence-electron chi connectivity index (χ2n) is 2.37. The molecule has 1 rings (SSSR count). The zero-order valence-corrected chi connectivity index (χ0v) is 9.74. The minimum Gasteiger partial charge on any atom is -0.282 e. The lowest BCUT2D eigenvalue weighted by atomic mass is 10.4. The summed E-state index contributed by atoms with van der Waals surface area (Å²) < 4.78 is 24.4. The van der Waals surface area contributed by atoms with Crippen LogP contribution in [0, 0.1) is 0 Å². The molecule has 1 N–H and O–H groups in total. The number of pyridine rings is 1. The third-order valence-corrected chi connectivity index (χ3v) is 2.84. The van der Waals surface area contributed by atoms with Crippen molar-refractivity contribution >= 4 is 43.2 Å². The Bertz CT molecular complexity index is 421. The minimum atomic E-state index is -3.26. The maximum atomic E-state index is 10.8. The second-order valence-corrected chi connectivity index (χ2v) is 5.33. The monoisotopic (exact) mass is 284 g/mol. The van der Waals surface area contributed by atoms with Gasteiger partial charge in [0, 0.05) is 0 Å². The minimum absolute atomic E-state index is 0.291. The van der Waals surface area contributed by atoms with E-state index in [2.05, 4.69) is 25.6 Å². The standard InChI is InChI=1S/C6H6BrClN2O2S/c1-13(11,12)10-4-2-5(7)6(8)9-3-4/h2-3,10H,1H3. The van der Waals surface area contributed by atoms with Gasteiger partial charge >= 0.3 is 0 Å². The average molecular weight is 286 g/mol. The highest BCUT2D eigenvalue weighted by Gasteiger charge is 2.04. The van der Waals surface area contributed by atoms with Gasteiger partial charge in [0.05, 0.1) is 22.6 Å². The maximum Gasteiger partial charge on any atom is 0.229 e. The van der Waals surface area contributed by atoms with Gasteiger partial charge in [0.15, 0.2) is 0 Å². The van der Waals surface area contributed by atoms with E-state index in [0.717, 1.165) is 6.26 Å². The van der Waals surface area contributed by atoms with E-state index in [1.807, 2.05) is 0 Å². The Morgan fingerprint density at radius 3 is 2.69 bits per heavy atom. The van der Waals surface area contributed by atoms with E-state index in [0.29, 0.717) is 15.3 Å². The molecule has 4 nitrogen and oxygen atoms in total. The van der Waals surface area contributed by atoms with Gasteiger partial charge in [-0.2, -0.15) is 0 Å². The van der Waals surface area contributed by atoms with Gasteiger partial charge in [-0.1, -0.05) is 11.6 Å². The third kappa shape index (κ3) is 3.50. The Balaban J connectivity index is 2.99. The quantitative estimate of drug-likeness (QED) is 0.844. The highest BCUT2D eigenvalue weighted by Crippen LogP contribution is 2.23. The summed E-state index contributed by atoms with van der Waals surface area (Å²) in [4.78, 5) is 3.75. The van der Waals surface area contributed by atoms with Crippen LogP contribution in [-0.2, 0) is 10.0 Å². The maximum absolute atomic E-state index is 10.8. The normalized spacial score (nSPS) is 11.3. The number of aromatic nitrogens is 1. The molecule has 0 radical (unpaired) electrons. The first-order chi connectivity index (χ1) is 5.88. The van der Waals surface area contributed by atoms with Crippen molar-refractivity contribution in [2.75, 3.05) is 11.0 Å². The fraction of sp³-hybridized carbons (Fsp3) is 0.167. The largest absolute Gasteiger partial charge is 0.282 e. The summed E-state index contributed by atoms with van der Waals surface area (Å²) in [6.45, 7) is 0. The molecule has 0 saturated heterocycles. The Morgan fingerprint density at radius 1 is 1.62 bits per heavy atom. The van der Waals surface area contributed by atoms with Gasteiger partial charge in [0.25, 0.3) is 0 Å². The molecule has 0 aliphatic rings. The van der Waals surface area contributed by atoms with Crippen LogP contribution in [0.1, 0.15) is 0 Å². The van der Waals surface area contributed by atoms with Crippen LogP contribution in [0.15, 0.2) is 16.7 Å². The molecule has 0 saturated carbocycles. The number of nitrogens with one attached hydrogen (secondary N) is 1. The van der Waals surface area contributed by atoms with Crippen molar-refractivity contribution in [1.29, 1.82) is 0 Å². The number of halogens is 2. The molecule has 13 heavy (non-hydrogen) atoms. The molecule has 72 valence electrons. The van der Waals surface area contributed by atoms with Crippen molar-refractivity contribution < 1.29 is 8.42 Å². The first-order valence-corrected chi connectivity index (χ1v) is 6.23. The van der Waals surface area contributed by atoms with Crippen molar-refractivity contribution in [1.82, 2.24) is 4.98 Å². The van der Waals surface area contributed by atoms with Crippen molar-refractivity contribution in [2.24, 2.45) is 0 Å². The molecule has 0 unspecified atom stereocenters. The number of sulfonamides is 1. The zero-order chi connectivity index (χ0) is 10.1. The fourth-order valence-corrected chi connectivity index (χ4v) is 1.68. The number of rotatable bonds is 2. The van der Waals surface area contributed by atoms with Crippen molar-refractivity contribution in [3.8, 4) is 0 Å². The molecule has 1 aromatic rings. The molecule has 0 aliphatic carbocycles. The molecular formula is C6H6BrClN2O2S. The van der Waals surface area contributed by atoms with Crippen molar-refractivity contribution in [3.05, 3.63) is 21.9 Å². The third-order valence-electron chi connectivity index (χ3n) is 1.10. The predicted octanol–water partition coefficient (Wildman–Crippen LogP) is 1.87. The van der Waals surface area contributed by atoms with Gasteiger partial charge in [-0.25, -0.2) is 13.4 Å². The fourth-order valence-electron chi connectivity index (χ4n) is 0.691. The van der Waals surface area contributed by atoms with Gasteiger partial charge in [-0.15, -0.1) is 0 Å². The van der Waals surface area contributed by atoms with E-state index in [-0.39, 0.29) is 0 Å². The number of hydrogen-bond acceptors (Lipinski definition) is 3. The highest BCUT2D eigenvalue weighted by molar-refractivity contribution is 9.10. The molecular weight excluding hydrogens is 280 g/mol. The number of hydrogen-bond donors (Lipinski definition) is 1. The Hall–Kier alpha value is -0.330. The lowest BCUT2D eigenvalue weighted by Gasteiger charge is -2.03. The smallest absolute Gasteiger partial charge is 0.229 e. The molecule has 0 bridgehead atoms. The van der Waals surface area contributed by atoms with Crippen LogP contribution < -0.4 is 4.72 Å². The van der Waals surface area contributed by atoms with Gasteiger partial charge in [-0.05, 0) is 22.0 Å². The van der Waals surface area contributed by atoms with Crippen LogP contribution in [-0.4, -0.2) is 19.7 Å². The lowest BCUT2D eigenvalue weighted by Crippen LogP contribution is -2.09. The molecule has 1 aromatic heterocycles. The molecule has 7 heteroatoms. The number of anilines is 1. The van der Waals surface area contributed by atoms with E-state index in [1.54, 1.807) is 0 Å². The summed E-state index contributed by atoms with van der Waals surface area (Å²) in [6, 6.07) is 1.54. The van der Waals surface area contributed by atoms with Crippen LogP contribution in [0.4, 0.5) is 5.69 Å².